The van der Waals surface area contributed by atoms with Crippen molar-refractivity contribution >= 4 is 0 Å². The second-order valence-electron chi connectivity index (χ2n) is 5.51. The van der Waals surface area contributed by atoms with E-state index >= 15 is 0 Å². The Morgan fingerprint density at radius 2 is 1.47 bits per heavy atom. The Morgan fingerprint density at radius 3 is 2.21 bits per heavy atom. The molecule has 0 saturated carbocycles. The molecule has 0 fully saturated rings. The van der Waals surface area contributed by atoms with E-state index in [1.807, 2.05) is 0 Å². The van der Waals surface area contributed by atoms with Gasteiger partial charge < -0.3 is 0 Å². The van der Waals surface area contributed by atoms with Gasteiger partial charge in [-0.15, -0.1) is 0 Å². The van der Waals surface area contributed by atoms with E-state index in [4.69, 9.17) is 0 Å². The third kappa shape index (κ3) is 3.07. The number of benzene rings is 2. The fraction of sp³-hybridized carbons (Fsp3) is 0.368. The molecule has 0 nitrogen and oxygen atoms in total. The molecule has 0 aromatic heterocycles. The van der Waals surface area contributed by atoms with E-state index < -0.39 is 0 Å². The summed E-state index contributed by atoms with van der Waals surface area (Å²) in [4.78, 5) is 0. The van der Waals surface area contributed by atoms with E-state index in [0.29, 0.717) is 0 Å². The zero-order valence-electron chi connectivity index (χ0n) is 12.6. The van der Waals surface area contributed by atoms with Crippen LogP contribution in [0.2, 0.25) is 0 Å². The SMILES string of the molecule is CCCCc1ccccc1-c1cc(C)c(C)cc1C. The van der Waals surface area contributed by atoms with E-state index in [1.54, 1.807) is 0 Å². The zero-order valence-corrected chi connectivity index (χ0v) is 12.6. The van der Waals surface area contributed by atoms with Gasteiger partial charge in [-0.2, -0.15) is 0 Å². The maximum absolute atomic E-state index is 2.34. The highest BCUT2D eigenvalue weighted by Crippen LogP contribution is 2.30. The lowest BCUT2D eigenvalue weighted by molar-refractivity contribution is 0.796. The van der Waals surface area contributed by atoms with Gasteiger partial charge in [-0.1, -0.05) is 49.7 Å². The molecule has 19 heavy (non-hydrogen) atoms. The van der Waals surface area contributed by atoms with Crippen molar-refractivity contribution in [2.24, 2.45) is 0 Å². The largest absolute Gasteiger partial charge is 0.0654 e. The summed E-state index contributed by atoms with van der Waals surface area (Å²) in [6, 6.07) is 13.5. The van der Waals surface area contributed by atoms with Crippen molar-refractivity contribution in [2.75, 3.05) is 0 Å². The summed E-state index contributed by atoms with van der Waals surface area (Å²) in [5.74, 6) is 0. The molecule has 0 bridgehead atoms. The average molecular weight is 252 g/mol. The Labute approximate surface area is 117 Å². The smallest absolute Gasteiger partial charge is 0.0149 e. The molecule has 2 aromatic rings. The molecule has 0 heterocycles. The lowest BCUT2D eigenvalue weighted by atomic mass is 9.91. The predicted molar refractivity (Wildman–Crippen MR) is 84.7 cm³/mol. The molecule has 0 radical (unpaired) electrons. The van der Waals surface area contributed by atoms with Crippen LogP contribution < -0.4 is 0 Å². The molecule has 0 atom stereocenters. The summed E-state index contributed by atoms with van der Waals surface area (Å²) in [7, 11) is 0. The molecule has 0 aliphatic rings. The van der Waals surface area contributed by atoms with Gasteiger partial charge in [0.05, 0.1) is 0 Å². The Morgan fingerprint density at radius 1 is 0.789 bits per heavy atom. The molecule has 0 aliphatic heterocycles. The van der Waals surface area contributed by atoms with Crippen molar-refractivity contribution in [1.82, 2.24) is 0 Å². The Hall–Kier alpha value is -1.56. The van der Waals surface area contributed by atoms with Gasteiger partial charge >= 0.3 is 0 Å². The number of rotatable bonds is 4. The van der Waals surface area contributed by atoms with Crippen LogP contribution in [0.1, 0.15) is 42.0 Å². The number of aryl methyl sites for hydroxylation is 4. The topological polar surface area (TPSA) is 0 Å². The molecular formula is C19H24. The first-order chi connectivity index (χ1) is 9.13. The van der Waals surface area contributed by atoms with Crippen molar-refractivity contribution in [3.63, 3.8) is 0 Å². The number of unbranched alkanes of at least 4 members (excludes halogenated alkanes) is 1. The number of hydrogen-bond donors (Lipinski definition) is 0. The van der Waals surface area contributed by atoms with Gasteiger partial charge in [0, 0.05) is 0 Å². The summed E-state index contributed by atoms with van der Waals surface area (Å²) < 4.78 is 0. The van der Waals surface area contributed by atoms with Gasteiger partial charge in [-0.05, 0) is 67.0 Å². The highest BCUT2D eigenvalue weighted by atomic mass is 14.1. The second kappa shape index (κ2) is 6.06. The fourth-order valence-electron chi connectivity index (χ4n) is 2.62. The van der Waals surface area contributed by atoms with Crippen LogP contribution in [0, 0.1) is 20.8 Å². The highest BCUT2D eigenvalue weighted by Gasteiger charge is 2.08. The normalized spacial score (nSPS) is 10.7. The van der Waals surface area contributed by atoms with Crippen LogP contribution in [-0.4, -0.2) is 0 Å². The highest BCUT2D eigenvalue weighted by molar-refractivity contribution is 5.71. The Kier molecular flexibility index (Phi) is 4.42. The van der Waals surface area contributed by atoms with Gasteiger partial charge in [-0.3, -0.25) is 0 Å². The van der Waals surface area contributed by atoms with Crippen LogP contribution in [0.5, 0.6) is 0 Å². The quantitative estimate of drug-likeness (QED) is 0.662. The summed E-state index contributed by atoms with van der Waals surface area (Å²) in [6.45, 7) is 8.87. The van der Waals surface area contributed by atoms with Crippen molar-refractivity contribution in [3.05, 3.63) is 58.7 Å². The lowest BCUT2D eigenvalue weighted by Crippen LogP contribution is -1.94. The van der Waals surface area contributed by atoms with E-state index in [1.165, 1.54) is 52.6 Å². The van der Waals surface area contributed by atoms with Crippen LogP contribution in [-0.2, 0) is 6.42 Å². The standard InChI is InChI=1S/C19H24/c1-5-6-9-17-10-7-8-11-18(17)19-13-15(3)14(2)12-16(19)4/h7-8,10-13H,5-6,9H2,1-4H3. The van der Waals surface area contributed by atoms with Crippen LogP contribution >= 0.6 is 0 Å². The van der Waals surface area contributed by atoms with Gasteiger partial charge in [-0.25, -0.2) is 0 Å². The van der Waals surface area contributed by atoms with Crippen molar-refractivity contribution in [2.45, 2.75) is 47.0 Å². The molecule has 0 N–H and O–H groups in total. The molecule has 2 aromatic carbocycles. The van der Waals surface area contributed by atoms with Crippen molar-refractivity contribution < 1.29 is 0 Å². The van der Waals surface area contributed by atoms with Crippen molar-refractivity contribution in [1.29, 1.82) is 0 Å². The third-order valence-corrected chi connectivity index (χ3v) is 3.95. The summed E-state index contributed by atoms with van der Waals surface area (Å²) in [5, 5.41) is 0. The Balaban J connectivity index is 2.49. The van der Waals surface area contributed by atoms with Gasteiger partial charge in [0.15, 0.2) is 0 Å². The molecule has 0 saturated heterocycles. The van der Waals surface area contributed by atoms with Crippen LogP contribution in [0.25, 0.3) is 11.1 Å². The monoisotopic (exact) mass is 252 g/mol. The minimum absolute atomic E-state index is 1.18. The predicted octanol–water partition coefficient (Wildman–Crippen LogP) is 5.62. The molecular weight excluding hydrogens is 228 g/mol. The maximum Gasteiger partial charge on any atom is -0.0149 e. The molecule has 0 unspecified atom stereocenters. The molecule has 2 rings (SSSR count). The molecule has 0 aliphatic carbocycles. The summed E-state index contributed by atoms with van der Waals surface area (Å²) in [5.41, 5.74) is 8.44. The first-order valence-electron chi connectivity index (χ1n) is 7.29. The number of hydrogen-bond acceptors (Lipinski definition) is 0. The van der Waals surface area contributed by atoms with Gasteiger partial charge in [0.25, 0.3) is 0 Å². The van der Waals surface area contributed by atoms with Gasteiger partial charge in [0.2, 0.25) is 0 Å². The molecule has 0 heteroatoms. The molecule has 100 valence electrons. The first-order valence-corrected chi connectivity index (χ1v) is 7.29. The fourth-order valence-corrected chi connectivity index (χ4v) is 2.62. The Bertz CT molecular complexity index is 564. The van der Waals surface area contributed by atoms with Crippen LogP contribution in [0.3, 0.4) is 0 Å². The first kappa shape index (κ1) is 13.9. The van der Waals surface area contributed by atoms with E-state index in [0.717, 1.165) is 0 Å². The minimum Gasteiger partial charge on any atom is -0.0654 e. The van der Waals surface area contributed by atoms with Crippen LogP contribution in [0.4, 0.5) is 0 Å². The third-order valence-electron chi connectivity index (χ3n) is 3.95. The van der Waals surface area contributed by atoms with E-state index in [9.17, 15) is 0 Å². The average Bonchev–Trinajstić information content (AvgIpc) is 2.41. The maximum atomic E-state index is 2.34. The van der Waals surface area contributed by atoms with Crippen molar-refractivity contribution in [3.8, 4) is 11.1 Å². The summed E-state index contributed by atoms with van der Waals surface area (Å²) in [6.07, 6.45) is 3.69. The van der Waals surface area contributed by atoms with E-state index in [-0.39, 0.29) is 0 Å². The zero-order chi connectivity index (χ0) is 13.8. The minimum atomic E-state index is 1.18. The second-order valence-corrected chi connectivity index (χ2v) is 5.51. The van der Waals surface area contributed by atoms with Crippen LogP contribution in [0.15, 0.2) is 36.4 Å². The summed E-state index contributed by atoms with van der Waals surface area (Å²) >= 11 is 0. The lowest BCUT2D eigenvalue weighted by Gasteiger charge is -2.14. The van der Waals surface area contributed by atoms with E-state index in [2.05, 4.69) is 64.1 Å². The van der Waals surface area contributed by atoms with Gasteiger partial charge in [0.1, 0.15) is 0 Å². The molecule has 0 amide bonds. The molecule has 0 spiro atoms.